The van der Waals surface area contributed by atoms with E-state index in [2.05, 4.69) is 28.9 Å². The molecule has 2 saturated heterocycles. The Hall–Kier alpha value is 0.270. The van der Waals surface area contributed by atoms with Gasteiger partial charge in [-0.1, -0.05) is 0 Å². The quantitative estimate of drug-likeness (QED) is 0.684. The summed E-state index contributed by atoms with van der Waals surface area (Å²) in [7, 11) is 0. The molecule has 0 amide bonds. The van der Waals surface area contributed by atoms with E-state index in [-0.39, 0.29) is 0 Å². The van der Waals surface area contributed by atoms with Crippen molar-refractivity contribution in [1.29, 1.82) is 0 Å². The number of nitrogens with one attached hydrogen (secondary N) is 1. The van der Waals surface area contributed by atoms with Crippen LogP contribution in [-0.2, 0) is 0 Å². The molecule has 0 radical (unpaired) electrons. The van der Waals surface area contributed by atoms with E-state index in [9.17, 15) is 0 Å². The van der Waals surface area contributed by atoms with Crippen LogP contribution in [0.4, 0.5) is 0 Å². The lowest BCUT2D eigenvalue weighted by atomic mass is 10.1. The fraction of sp³-hybridized carbons (Fsp3) is 1.00. The average molecular weight is 200 g/mol. The molecule has 0 aliphatic carbocycles. The first-order chi connectivity index (χ1) is 6.36. The van der Waals surface area contributed by atoms with Crippen LogP contribution < -0.4 is 5.32 Å². The standard InChI is InChI=1S/C10H20N2S/c1-9-7-12(5-4-11-9)10-3-2-6-13-8-10/h9-11H,2-8H2,1H3/t9-,10-/m0/s1. The summed E-state index contributed by atoms with van der Waals surface area (Å²) >= 11 is 2.14. The lowest BCUT2D eigenvalue weighted by Crippen LogP contribution is -2.53. The number of thioether (sulfide) groups is 1. The van der Waals surface area contributed by atoms with Crippen LogP contribution in [0.2, 0.25) is 0 Å². The van der Waals surface area contributed by atoms with Crippen LogP contribution in [-0.4, -0.2) is 48.1 Å². The largest absolute Gasteiger partial charge is 0.312 e. The summed E-state index contributed by atoms with van der Waals surface area (Å²) in [6.45, 7) is 5.99. The van der Waals surface area contributed by atoms with Crippen molar-refractivity contribution in [2.24, 2.45) is 0 Å². The van der Waals surface area contributed by atoms with Gasteiger partial charge in [-0.15, -0.1) is 0 Å². The molecular formula is C10H20N2S. The second kappa shape index (κ2) is 4.67. The molecule has 2 fully saturated rings. The average Bonchev–Trinajstić information content (AvgIpc) is 2.19. The van der Waals surface area contributed by atoms with Crippen molar-refractivity contribution in [1.82, 2.24) is 10.2 Å². The minimum absolute atomic E-state index is 0.695. The first-order valence-corrected chi connectivity index (χ1v) is 6.57. The molecule has 0 bridgehead atoms. The summed E-state index contributed by atoms with van der Waals surface area (Å²) < 4.78 is 0. The lowest BCUT2D eigenvalue weighted by molar-refractivity contribution is 0.152. The van der Waals surface area contributed by atoms with E-state index in [1.807, 2.05) is 0 Å². The molecule has 76 valence electrons. The zero-order chi connectivity index (χ0) is 9.10. The Balaban J connectivity index is 1.83. The van der Waals surface area contributed by atoms with Crippen molar-refractivity contribution >= 4 is 11.8 Å². The van der Waals surface area contributed by atoms with E-state index in [1.165, 1.54) is 44.0 Å². The molecule has 0 saturated carbocycles. The smallest absolute Gasteiger partial charge is 0.0187 e. The van der Waals surface area contributed by atoms with E-state index in [1.54, 1.807) is 0 Å². The van der Waals surface area contributed by atoms with Gasteiger partial charge in [0.15, 0.2) is 0 Å². The van der Waals surface area contributed by atoms with Crippen molar-refractivity contribution in [3.63, 3.8) is 0 Å². The van der Waals surface area contributed by atoms with Gasteiger partial charge in [0, 0.05) is 37.5 Å². The summed E-state index contributed by atoms with van der Waals surface area (Å²) in [5.41, 5.74) is 0. The zero-order valence-corrected chi connectivity index (χ0v) is 9.28. The molecule has 13 heavy (non-hydrogen) atoms. The van der Waals surface area contributed by atoms with Crippen molar-refractivity contribution in [3.8, 4) is 0 Å². The SMILES string of the molecule is C[C@H]1CN([C@H]2CCCSC2)CCN1. The second-order valence-electron chi connectivity index (χ2n) is 4.22. The number of rotatable bonds is 1. The van der Waals surface area contributed by atoms with Crippen LogP contribution in [0.25, 0.3) is 0 Å². The van der Waals surface area contributed by atoms with Crippen LogP contribution in [0.3, 0.4) is 0 Å². The molecule has 0 spiro atoms. The van der Waals surface area contributed by atoms with Gasteiger partial charge in [-0.25, -0.2) is 0 Å². The van der Waals surface area contributed by atoms with Crippen LogP contribution in [0, 0.1) is 0 Å². The fourth-order valence-corrected chi connectivity index (χ4v) is 3.49. The molecule has 0 unspecified atom stereocenters. The minimum atomic E-state index is 0.695. The van der Waals surface area contributed by atoms with Gasteiger partial charge in [0.05, 0.1) is 0 Å². The maximum atomic E-state index is 3.50. The zero-order valence-electron chi connectivity index (χ0n) is 8.46. The molecule has 2 heterocycles. The van der Waals surface area contributed by atoms with Crippen molar-refractivity contribution in [3.05, 3.63) is 0 Å². The number of hydrogen-bond acceptors (Lipinski definition) is 3. The predicted molar refractivity (Wildman–Crippen MR) is 59.4 cm³/mol. The third kappa shape index (κ3) is 2.61. The highest BCUT2D eigenvalue weighted by atomic mass is 32.2. The number of nitrogens with zero attached hydrogens (tertiary/aromatic N) is 1. The highest BCUT2D eigenvalue weighted by molar-refractivity contribution is 7.99. The van der Waals surface area contributed by atoms with Crippen LogP contribution in [0.1, 0.15) is 19.8 Å². The molecular weight excluding hydrogens is 180 g/mol. The summed E-state index contributed by atoms with van der Waals surface area (Å²) in [5.74, 6) is 2.75. The summed E-state index contributed by atoms with van der Waals surface area (Å²) in [5, 5.41) is 3.50. The summed E-state index contributed by atoms with van der Waals surface area (Å²) in [4.78, 5) is 2.69. The normalized spacial score (nSPS) is 37.6. The second-order valence-corrected chi connectivity index (χ2v) is 5.37. The lowest BCUT2D eigenvalue weighted by Gasteiger charge is -2.39. The molecule has 0 aromatic carbocycles. The number of hydrogen-bond donors (Lipinski definition) is 1. The highest BCUT2D eigenvalue weighted by Crippen LogP contribution is 2.22. The van der Waals surface area contributed by atoms with Gasteiger partial charge in [0.1, 0.15) is 0 Å². The Morgan fingerprint density at radius 2 is 2.38 bits per heavy atom. The van der Waals surface area contributed by atoms with E-state index in [0.29, 0.717) is 6.04 Å². The van der Waals surface area contributed by atoms with Gasteiger partial charge >= 0.3 is 0 Å². The monoisotopic (exact) mass is 200 g/mol. The Bertz CT molecular complexity index is 157. The Morgan fingerprint density at radius 1 is 1.46 bits per heavy atom. The van der Waals surface area contributed by atoms with Crippen LogP contribution in [0.5, 0.6) is 0 Å². The Morgan fingerprint density at radius 3 is 3.08 bits per heavy atom. The number of piperazine rings is 1. The maximum absolute atomic E-state index is 3.50. The molecule has 2 aliphatic heterocycles. The van der Waals surface area contributed by atoms with Crippen LogP contribution in [0.15, 0.2) is 0 Å². The highest BCUT2D eigenvalue weighted by Gasteiger charge is 2.24. The first kappa shape index (κ1) is 9.81. The van der Waals surface area contributed by atoms with E-state index >= 15 is 0 Å². The molecule has 0 aromatic rings. The van der Waals surface area contributed by atoms with Gasteiger partial charge in [0.2, 0.25) is 0 Å². The molecule has 2 aliphatic rings. The molecule has 0 aromatic heterocycles. The molecule has 1 N–H and O–H groups in total. The fourth-order valence-electron chi connectivity index (χ4n) is 2.31. The molecule has 2 atom stereocenters. The van der Waals surface area contributed by atoms with Gasteiger partial charge in [-0.05, 0) is 25.5 Å². The summed E-state index contributed by atoms with van der Waals surface area (Å²) in [6.07, 6.45) is 2.85. The topological polar surface area (TPSA) is 15.3 Å². The van der Waals surface area contributed by atoms with Crippen LogP contribution >= 0.6 is 11.8 Å². The van der Waals surface area contributed by atoms with Gasteiger partial charge < -0.3 is 5.32 Å². The van der Waals surface area contributed by atoms with Crippen molar-refractivity contribution in [2.75, 3.05) is 31.1 Å². The van der Waals surface area contributed by atoms with E-state index in [4.69, 9.17) is 0 Å². The van der Waals surface area contributed by atoms with Crippen molar-refractivity contribution < 1.29 is 0 Å². The van der Waals surface area contributed by atoms with E-state index < -0.39 is 0 Å². The summed E-state index contributed by atoms with van der Waals surface area (Å²) in [6, 6.07) is 1.57. The molecule has 2 rings (SSSR count). The van der Waals surface area contributed by atoms with E-state index in [0.717, 1.165) is 6.04 Å². The molecule has 3 heteroatoms. The maximum Gasteiger partial charge on any atom is 0.0187 e. The Labute approximate surface area is 85.4 Å². The minimum Gasteiger partial charge on any atom is -0.312 e. The van der Waals surface area contributed by atoms with Gasteiger partial charge in [-0.2, -0.15) is 11.8 Å². The van der Waals surface area contributed by atoms with Crippen molar-refractivity contribution in [2.45, 2.75) is 31.8 Å². The first-order valence-electron chi connectivity index (χ1n) is 5.41. The third-order valence-electron chi connectivity index (χ3n) is 3.05. The van der Waals surface area contributed by atoms with Gasteiger partial charge in [-0.3, -0.25) is 4.90 Å². The Kier molecular flexibility index (Phi) is 3.52. The van der Waals surface area contributed by atoms with Gasteiger partial charge in [0.25, 0.3) is 0 Å². The predicted octanol–water partition coefficient (Wildman–Crippen LogP) is 1.18. The third-order valence-corrected chi connectivity index (χ3v) is 4.25. The molecule has 2 nitrogen and oxygen atoms in total.